The Morgan fingerprint density at radius 2 is 1.97 bits per heavy atom. The molecule has 2 aromatic heterocycles. The molecule has 162 valence electrons. The number of hydrogen-bond donors (Lipinski definition) is 0. The Hall–Kier alpha value is -3.81. The van der Waals surface area contributed by atoms with Gasteiger partial charge >= 0.3 is 0 Å². The maximum absolute atomic E-state index is 13.6. The molecule has 0 bridgehead atoms. The molecular formula is C24H24N6O2. The van der Waals surface area contributed by atoms with Crippen LogP contribution in [0.4, 0.5) is 0 Å². The van der Waals surface area contributed by atoms with Crippen molar-refractivity contribution in [2.45, 2.75) is 39.2 Å². The number of hydrogen-bond acceptors (Lipinski definition) is 6. The van der Waals surface area contributed by atoms with Gasteiger partial charge in [-0.15, -0.1) is 0 Å². The predicted octanol–water partition coefficient (Wildman–Crippen LogP) is 4.17. The second-order valence-electron chi connectivity index (χ2n) is 7.96. The van der Waals surface area contributed by atoms with Crippen LogP contribution in [0.3, 0.4) is 0 Å². The van der Waals surface area contributed by atoms with E-state index >= 15 is 0 Å². The molecule has 1 saturated heterocycles. The number of carbonyl (C=O) groups is 1. The van der Waals surface area contributed by atoms with Crippen molar-refractivity contribution < 1.29 is 9.32 Å². The van der Waals surface area contributed by atoms with Crippen LogP contribution in [-0.4, -0.2) is 42.5 Å². The summed E-state index contributed by atoms with van der Waals surface area (Å²) in [7, 11) is 0. The molecule has 1 atom stereocenters. The van der Waals surface area contributed by atoms with Crippen LogP contribution in [0.15, 0.2) is 59.4 Å². The largest absolute Gasteiger partial charge is 0.334 e. The summed E-state index contributed by atoms with van der Waals surface area (Å²) in [6.45, 7) is 4.70. The first kappa shape index (κ1) is 20.1. The van der Waals surface area contributed by atoms with Crippen molar-refractivity contribution in [3.8, 4) is 17.1 Å². The SMILES string of the molecule is CCc1ccccc1-c1nc(C2CCCN2C(=O)c2cc(C)ccc2-n2nccn2)no1. The second-order valence-corrected chi connectivity index (χ2v) is 7.96. The van der Waals surface area contributed by atoms with Crippen molar-refractivity contribution in [2.75, 3.05) is 6.54 Å². The number of amides is 1. The minimum Gasteiger partial charge on any atom is -0.334 e. The van der Waals surface area contributed by atoms with Gasteiger partial charge in [0.15, 0.2) is 5.82 Å². The maximum atomic E-state index is 13.6. The molecule has 32 heavy (non-hydrogen) atoms. The Balaban J connectivity index is 1.47. The Morgan fingerprint density at radius 1 is 1.16 bits per heavy atom. The third-order valence-corrected chi connectivity index (χ3v) is 5.90. The van der Waals surface area contributed by atoms with Gasteiger partial charge in [0.25, 0.3) is 11.8 Å². The van der Waals surface area contributed by atoms with E-state index in [-0.39, 0.29) is 11.9 Å². The molecule has 5 rings (SSSR count). The van der Waals surface area contributed by atoms with Gasteiger partial charge in [0.2, 0.25) is 0 Å². The molecule has 1 unspecified atom stereocenters. The van der Waals surface area contributed by atoms with Crippen LogP contribution in [-0.2, 0) is 6.42 Å². The molecule has 0 saturated carbocycles. The van der Waals surface area contributed by atoms with Gasteiger partial charge < -0.3 is 9.42 Å². The first-order valence-corrected chi connectivity index (χ1v) is 10.9. The van der Waals surface area contributed by atoms with E-state index < -0.39 is 0 Å². The summed E-state index contributed by atoms with van der Waals surface area (Å²) in [4.78, 5) is 21.6. The minimum absolute atomic E-state index is 0.0798. The van der Waals surface area contributed by atoms with E-state index in [4.69, 9.17) is 4.52 Å². The van der Waals surface area contributed by atoms with E-state index in [2.05, 4.69) is 33.3 Å². The summed E-state index contributed by atoms with van der Waals surface area (Å²) >= 11 is 0. The number of nitrogens with zero attached hydrogens (tertiary/aromatic N) is 6. The third-order valence-electron chi connectivity index (χ3n) is 5.90. The lowest BCUT2D eigenvalue weighted by molar-refractivity contribution is 0.0728. The van der Waals surface area contributed by atoms with Gasteiger partial charge in [0.05, 0.1) is 29.7 Å². The normalized spacial score (nSPS) is 15.9. The van der Waals surface area contributed by atoms with Crippen molar-refractivity contribution in [2.24, 2.45) is 0 Å². The number of benzene rings is 2. The maximum Gasteiger partial charge on any atom is 0.258 e. The summed E-state index contributed by atoms with van der Waals surface area (Å²) in [5.74, 6) is 0.959. The van der Waals surface area contributed by atoms with Crippen LogP contribution in [0.2, 0.25) is 0 Å². The van der Waals surface area contributed by atoms with Crippen LogP contribution in [0, 0.1) is 6.92 Å². The number of carbonyl (C=O) groups excluding carboxylic acids is 1. The number of rotatable bonds is 5. The topological polar surface area (TPSA) is 89.9 Å². The molecule has 1 fully saturated rings. The van der Waals surface area contributed by atoms with Crippen molar-refractivity contribution >= 4 is 5.91 Å². The van der Waals surface area contributed by atoms with E-state index in [0.29, 0.717) is 29.5 Å². The first-order chi connectivity index (χ1) is 15.7. The summed E-state index contributed by atoms with van der Waals surface area (Å²) in [5.41, 5.74) is 4.31. The van der Waals surface area contributed by atoms with Gasteiger partial charge in [-0.25, -0.2) is 0 Å². The molecule has 1 aliphatic heterocycles. The van der Waals surface area contributed by atoms with Crippen molar-refractivity contribution in [1.29, 1.82) is 0 Å². The smallest absolute Gasteiger partial charge is 0.258 e. The zero-order valence-electron chi connectivity index (χ0n) is 18.1. The highest BCUT2D eigenvalue weighted by atomic mass is 16.5. The predicted molar refractivity (Wildman–Crippen MR) is 118 cm³/mol. The molecular weight excluding hydrogens is 404 g/mol. The van der Waals surface area contributed by atoms with Crippen LogP contribution in [0.1, 0.15) is 53.1 Å². The first-order valence-electron chi connectivity index (χ1n) is 10.9. The van der Waals surface area contributed by atoms with Crippen molar-refractivity contribution in [3.63, 3.8) is 0 Å². The summed E-state index contributed by atoms with van der Waals surface area (Å²) in [5, 5.41) is 12.7. The zero-order chi connectivity index (χ0) is 22.1. The molecule has 8 nitrogen and oxygen atoms in total. The molecule has 0 N–H and O–H groups in total. The lowest BCUT2D eigenvalue weighted by Crippen LogP contribution is -2.32. The second kappa shape index (κ2) is 8.37. The van der Waals surface area contributed by atoms with Crippen molar-refractivity contribution in [3.05, 3.63) is 77.4 Å². The molecule has 3 heterocycles. The average Bonchev–Trinajstić information content (AvgIpc) is 3.59. The Morgan fingerprint density at radius 3 is 2.78 bits per heavy atom. The average molecular weight is 428 g/mol. The van der Waals surface area contributed by atoms with E-state index in [1.165, 1.54) is 4.80 Å². The van der Waals surface area contributed by atoms with Crippen LogP contribution in [0.5, 0.6) is 0 Å². The molecule has 1 aliphatic rings. The fraction of sp³-hybridized carbons (Fsp3) is 0.292. The number of likely N-dealkylation sites (tertiary alicyclic amines) is 1. The lowest BCUT2D eigenvalue weighted by atomic mass is 10.1. The Kier molecular flexibility index (Phi) is 5.26. The fourth-order valence-electron chi connectivity index (χ4n) is 4.29. The molecule has 4 aromatic rings. The van der Waals surface area contributed by atoms with Gasteiger partial charge in [-0.2, -0.15) is 20.0 Å². The lowest BCUT2D eigenvalue weighted by Gasteiger charge is -2.23. The highest BCUT2D eigenvalue weighted by Crippen LogP contribution is 2.34. The summed E-state index contributed by atoms with van der Waals surface area (Å²) in [6, 6.07) is 13.5. The summed E-state index contributed by atoms with van der Waals surface area (Å²) in [6.07, 6.45) is 5.75. The highest BCUT2D eigenvalue weighted by Gasteiger charge is 2.35. The van der Waals surface area contributed by atoms with Gasteiger partial charge in [-0.05, 0) is 49.9 Å². The number of aryl methyl sites for hydroxylation is 2. The highest BCUT2D eigenvalue weighted by molar-refractivity contribution is 5.98. The molecule has 2 aromatic carbocycles. The minimum atomic E-state index is -0.229. The van der Waals surface area contributed by atoms with E-state index in [1.54, 1.807) is 12.4 Å². The molecule has 8 heteroatoms. The molecule has 0 spiro atoms. The van der Waals surface area contributed by atoms with E-state index in [9.17, 15) is 4.79 Å². The van der Waals surface area contributed by atoms with Gasteiger partial charge in [0, 0.05) is 12.1 Å². The van der Waals surface area contributed by atoms with Crippen molar-refractivity contribution in [1.82, 2.24) is 30.0 Å². The van der Waals surface area contributed by atoms with E-state index in [1.807, 2.05) is 48.2 Å². The zero-order valence-corrected chi connectivity index (χ0v) is 18.1. The molecule has 0 radical (unpaired) electrons. The Labute approximate surface area is 185 Å². The number of aromatic nitrogens is 5. The van der Waals surface area contributed by atoms with Crippen LogP contribution >= 0.6 is 0 Å². The fourth-order valence-corrected chi connectivity index (χ4v) is 4.29. The van der Waals surface area contributed by atoms with Gasteiger partial charge in [0.1, 0.15) is 0 Å². The molecule has 1 amide bonds. The standard InChI is InChI=1S/C24H24N6O2/c1-3-17-7-4-5-8-18(17)23-27-22(28-32-23)21-9-6-14-29(21)24(31)19-15-16(2)10-11-20(19)30-25-12-13-26-30/h4-5,7-8,10-13,15,21H,3,6,9,14H2,1-2H3. The van der Waals surface area contributed by atoms with Gasteiger partial charge in [-0.3, -0.25) is 4.79 Å². The van der Waals surface area contributed by atoms with E-state index in [0.717, 1.165) is 36.0 Å². The van der Waals surface area contributed by atoms with Crippen LogP contribution < -0.4 is 0 Å². The van der Waals surface area contributed by atoms with Gasteiger partial charge in [-0.1, -0.05) is 41.9 Å². The quantitative estimate of drug-likeness (QED) is 0.474. The van der Waals surface area contributed by atoms with Crippen LogP contribution in [0.25, 0.3) is 17.1 Å². The summed E-state index contributed by atoms with van der Waals surface area (Å²) < 4.78 is 5.62. The Bertz CT molecular complexity index is 1250. The monoisotopic (exact) mass is 428 g/mol. The molecule has 0 aliphatic carbocycles. The third kappa shape index (κ3) is 3.57.